The minimum atomic E-state index is -0.0879. The molecule has 5 rings (SSSR count). The Balaban J connectivity index is 2.20. The average Bonchev–Trinajstić information content (AvgIpc) is 3.18. The third kappa shape index (κ3) is 1.04. The number of thiazole rings is 2. The van der Waals surface area contributed by atoms with Gasteiger partial charge < -0.3 is 0 Å². The summed E-state index contributed by atoms with van der Waals surface area (Å²) in [6.07, 6.45) is 0. The largest absolute Gasteiger partial charge is 0.287 e. The zero-order valence-corrected chi connectivity index (χ0v) is 11.5. The van der Waals surface area contributed by atoms with Gasteiger partial charge in [0.1, 0.15) is 11.0 Å². The summed E-state index contributed by atoms with van der Waals surface area (Å²) < 4.78 is 1.80. The lowest BCUT2D eigenvalue weighted by molar-refractivity contribution is 1.49. The molecule has 6 heteroatoms. The Kier molecular flexibility index (Phi) is 1.74. The van der Waals surface area contributed by atoms with Gasteiger partial charge in [0.2, 0.25) is 10.9 Å². The van der Waals surface area contributed by atoms with E-state index in [4.69, 9.17) is 0 Å². The second-order valence-corrected chi connectivity index (χ2v) is 6.37. The lowest BCUT2D eigenvalue weighted by Gasteiger charge is -1.91. The van der Waals surface area contributed by atoms with Crippen molar-refractivity contribution in [1.82, 2.24) is 9.97 Å². The van der Waals surface area contributed by atoms with Gasteiger partial charge in [0.25, 0.3) is 0 Å². The summed E-state index contributed by atoms with van der Waals surface area (Å²) in [6, 6.07) is 3.65. The Hall–Kier alpha value is -2.18. The second kappa shape index (κ2) is 3.28. The number of benzene rings is 1. The molecule has 0 amide bonds. The molecule has 3 aromatic carbocycles. The van der Waals surface area contributed by atoms with Crippen molar-refractivity contribution < 1.29 is 0 Å². The molecule has 0 radical (unpaired) electrons. The van der Waals surface area contributed by atoms with Crippen LogP contribution in [0.4, 0.5) is 0 Å². The molecule has 0 spiro atoms. The van der Waals surface area contributed by atoms with Crippen LogP contribution >= 0.6 is 22.7 Å². The van der Waals surface area contributed by atoms with Gasteiger partial charge in [-0.05, 0) is 12.1 Å². The molecular formula is C14H4N2O2S2. The maximum absolute atomic E-state index is 12.3. The van der Waals surface area contributed by atoms with E-state index in [0.29, 0.717) is 21.8 Å². The van der Waals surface area contributed by atoms with E-state index in [0.717, 1.165) is 20.2 Å². The second-order valence-electron chi connectivity index (χ2n) is 4.66. The van der Waals surface area contributed by atoms with Gasteiger partial charge in [0, 0.05) is 21.5 Å². The zero-order chi connectivity index (χ0) is 13.4. The maximum Gasteiger partial charge on any atom is 0.213 e. The van der Waals surface area contributed by atoms with Crippen LogP contribution in [0.15, 0.2) is 32.7 Å². The topological polar surface area (TPSA) is 59.9 Å². The van der Waals surface area contributed by atoms with Gasteiger partial charge >= 0.3 is 0 Å². The molecule has 2 aromatic heterocycles. The van der Waals surface area contributed by atoms with Crippen molar-refractivity contribution in [2.45, 2.75) is 0 Å². The van der Waals surface area contributed by atoms with Gasteiger partial charge in [0.15, 0.2) is 0 Å². The fraction of sp³-hybridized carbons (Fsp3) is 0. The Bertz CT molecular complexity index is 1140. The Labute approximate surface area is 118 Å². The maximum atomic E-state index is 12.3. The smallest absolute Gasteiger partial charge is 0.213 e. The molecule has 0 aliphatic rings. The number of hydrogen-bond acceptors (Lipinski definition) is 6. The van der Waals surface area contributed by atoms with E-state index in [1.54, 1.807) is 17.1 Å². The predicted octanol–water partition coefficient (Wildman–Crippen LogP) is 2.81. The first-order valence-corrected chi connectivity index (χ1v) is 7.67. The molecule has 0 saturated heterocycles. The normalized spacial score (nSPS) is 12.4. The third-order valence-corrected chi connectivity index (χ3v) is 5.42. The van der Waals surface area contributed by atoms with Crippen molar-refractivity contribution in [3.63, 3.8) is 0 Å². The Morgan fingerprint density at radius 1 is 0.700 bits per heavy atom. The molecule has 0 bridgehead atoms. The van der Waals surface area contributed by atoms with Crippen molar-refractivity contribution in [1.29, 1.82) is 0 Å². The van der Waals surface area contributed by atoms with Crippen molar-refractivity contribution in [3.05, 3.63) is 43.6 Å². The van der Waals surface area contributed by atoms with Crippen LogP contribution in [-0.2, 0) is 0 Å². The first-order chi connectivity index (χ1) is 9.75. The number of rotatable bonds is 0. The number of fused-ring (bicyclic) bond motifs is 6. The van der Waals surface area contributed by atoms with Crippen molar-refractivity contribution in [2.24, 2.45) is 0 Å². The Morgan fingerprint density at radius 3 is 1.65 bits per heavy atom. The van der Waals surface area contributed by atoms with Crippen LogP contribution < -0.4 is 10.9 Å². The summed E-state index contributed by atoms with van der Waals surface area (Å²) in [5.41, 5.74) is 4.20. The predicted molar refractivity (Wildman–Crippen MR) is 82.7 cm³/mol. The van der Waals surface area contributed by atoms with E-state index in [2.05, 4.69) is 9.97 Å². The van der Waals surface area contributed by atoms with Gasteiger partial charge in [-0.1, -0.05) is 0 Å². The van der Waals surface area contributed by atoms with Crippen LogP contribution in [-0.4, -0.2) is 9.97 Å². The van der Waals surface area contributed by atoms with Crippen LogP contribution in [0.1, 0.15) is 0 Å². The SMILES string of the molecule is O=c1c2cc3c(=O)c4ncsc4c3cc2c2scnc12. The number of nitrogens with zero attached hydrogens (tertiary/aromatic N) is 2. The molecule has 0 fully saturated rings. The highest BCUT2D eigenvalue weighted by Gasteiger charge is 2.18. The molecular weight excluding hydrogens is 292 g/mol. The molecule has 0 saturated carbocycles. The van der Waals surface area contributed by atoms with Gasteiger partial charge in [-0.25, -0.2) is 9.97 Å². The van der Waals surface area contributed by atoms with Crippen molar-refractivity contribution >= 4 is 64.7 Å². The number of aromatic nitrogens is 2. The molecule has 0 N–H and O–H groups in total. The minimum absolute atomic E-state index is 0.0879. The molecule has 94 valence electrons. The molecule has 0 aliphatic carbocycles. The highest BCUT2D eigenvalue weighted by atomic mass is 32.1. The summed E-state index contributed by atoms with van der Waals surface area (Å²) in [7, 11) is 0. The summed E-state index contributed by atoms with van der Waals surface area (Å²) in [4.78, 5) is 32.8. The molecule has 20 heavy (non-hydrogen) atoms. The highest BCUT2D eigenvalue weighted by Crippen LogP contribution is 2.34. The highest BCUT2D eigenvalue weighted by molar-refractivity contribution is 7.18. The van der Waals surface area contributed by atoms with Crippen LogP contribution in [0, 0.1) is 0 Å². The molecule has 0 unspecified atom stereocenters. The fourth-order valence-corrected chi connectivity index (χ4v) is 4.44. The first-order valence-electron chi connectivity index (χ1n) is 5.91. The zero-order valence-electron chi connectivity index (χ0n) is 9.84. The molecule has 0 aliphatic heterocycles. The summed E-state index contributed by atoms with van der Waals surface area (Å²) in [5, 5.41) is 2.95. The van der Waals surface area contributed by atoms with E-state index < -0.39 is 0 Å². The van der Waals surface area contributed by atoms with E-state index in [9.17, 15) is 9.59 Å². The van der Waals surface area contributed by atoms with Crippen LogP contribution in [0.25, 0.3) is 42.0 Å². The molecule has 4 nitrogen and oxygen atoms in total. The molecule has 5 aromatic rings. The quantitative estimate of drug-likeness (QED) is 0.441. The van der Waals surface area contributed by atoms with E-state index in [1.807, 2.05) is 6.07 Å². The van der Waals surface area contributed by atoms with Gasteiger partial charge in [-0.15, -0.1) is 22.7 Å². The standard InChI is InChI=1S/C14H4N2O2S2/c17-11-5-1-6-8(14-10(12(6)18)16-4-20-14)2-7(5)13-9(11)15-3-19-13/h1-4H. The summed E-state index contributed by atoms with van der Waals surface area (Å²) in [6.45, 7) is 0. The monoisotopic (exact) mass is 296 g/mol. The third-order valence-electron chi connectivity index (χ3n) is 3.70. The van der Waals surface area contributed by atoms with Crippen LogP contribution in [0.3, 0.4) is 0 Å². The molecule has 0 atom stereocenters. The molecule has 2 heterocycles. The van der Waals surface area contributed by atoms with Crippen molar-refractivity contribution in [2.75, 3.05) is 0 Å². The van der Waals surface area contributed by atoms with E-state index >= 15 is 0 Å². The lowest BCUT2D eigenvalue weighted by atomic mass is 10.1. The lowest BCUT2D eigenvalue weighted by Crippen LogP contribution is -1.97. The van der Waals surface area contributed by atoms with Gasteiger partial charge in [-0.3, -0.25) is 9.59 Å². The summed E-state index contributed by atoms with van der Waals surface area (Å²) in [5.74, 6) is 0. The first kappa shape index (κ1) is 10.6. The summed E-state index contributed by atoms with van der Waals surface area (Å²) >= 11 is 2.92. The number of hydrogen-bond donors (Lipinski definition) is 0. The van der Waals surface area contributed by atoms with Gasteiger partial charge in [-0.2, -0.15) is 0 Å². The van der Waals surface area contributed by atoms with Crippen LogP contribution in [0.5, 0.6) is 0 Å². The van der Waals surface area contributed by atoms with Gasteiger partial charge in [0.05, 0.1) is 20.4 Å². The minimum Gasteiger partial charge on any atom is -0.287 e. The fourth-order valence-electron chi connectivity index (χ4n) is 2.80. The van der Waals surface area contributed by atoms with Crippen molar-refractivity contribution in [3.8, 4) is 0 Å². The Morgan fingerprint density at radius 2 is 1.15 bits per heavy atom. The van der Waals surface area contributed by atoms with E-state index in [1.165, 1.54) is 22.7 Å². The van der Waals surface area contributed by atoms with Crippen LogP contribution in [0.2, 0.25) is 0 Å². The van der Waals surface area contributed by atoms with E-state index in [-0.39, 0.29) is 10.9 Å². The average molecular weight is 296 g/mol.